The molecule has 3 rings (SSSR count). The van der Waals surface area contributed by atoms with Crippen molar-refractivity contribution in [2.24, 2.45) is 0 Å². The molecule has 0 unspecified atom stereocenters. The van der Waals surface area contributed by atoms with Crippen molar-refractivity contribution in [3.63, 3.8) is 0 Å². The monoisotopic (exact) mass is 282 g/mol. The summed E-state index contributed by atoms with van der Waals surface area (Å²) >= 11 is 5.88. The number of hydrogen-bond acceptors (Lipinski definition) is 3. The topological polar surface area (TPSA) is 56.0 Å². The number of ketones is 1. The molecule has 3 aromatic rings. The first kappa shape index (κ1) is 12.6. The lowest BCUT2D eigenvalue weighted by Gasteiger charge is -2.06. The molecule has 0 fully saturated rings. The van der Waals surface area contributed by atoms with E-state index in [2.05, 4.69) is 4.98 Å². The Morgan fingerprint density at radius 3 is 2.75 bits per heavy atom. The standard InChI is InChI=1S/C16H11ClN2O/c17-13-7-6-10(9-14(13)18)16(20)12-3-1-5-15-11(12)4-2-8-19-15/h1-9H,18H2. The van der Waals surface area contributed by atoms with Gasteiger partial charge in [-0.15, -0.1) is 0 Å². The van der Waals surface area contributed by atoms with Gasteiger partial charge in [-0.25, -0.2) is 0 Å². The molecule has 1 aromatic heterocycles. The van der Waals surface area contributed by atoms with Crippen LogP contribution in [0.3, 0.4) is 0 Å². The summed E-state index contributed by atoms with van der Waals surface area (Å²) in [5.41, 5.74) is 8.07. The first-order valence-corrected chi connectivity index (χ1v) is 6.48. The number of nitrogens with two attached hydrogens (primary N) is 1. The van der Waals surface area contributed by atoms with Gasteiger partial charge < -0.3 is 5.73 Å². The van der Waals surface area contributed by atoms with E-state index in [-0.39, 0.29) is 5.78 Å². The van der Waals surface area contributed by atoms with E-state index in [1.165, 1.54) is 0 Å². The first-order valence-electron chi connectivity index (χ1n) is 6.10. The van der Waals surface area contributed by atoms with Gasteiger partial charge in [0.05, 0.1) is 16.2 Å². The van der Waals surface area contributed by atoms with Crippen LogP contribution in [0.4, 0.5) is 5.69 Å². The summed E-state index contributed by atoms with van der Waals surface area (Å²) in [6.45, 7) is 0. The van der Waals surface area contributed by atoms with Gasteiger partial charge in [0.2, 0.25) is 0 Å². The van der Waals surface area contributed by atoms with E-state index < -0.39 is 0 Å². The molecule has 0 saturated carbocycles. The third kappa shape index (κ3) is 2.12. The fraction of sp³-hybridized carbons (Fsp3) is 0. The normalized spacial score (nSPS) is 10.7. The van der Waals surface area contributed by atoms with E-state index in [4.69, 9.17) is 17.3 Å². The van der Waals surface area contributed by atoms with Gasteiger partial charge in [0.25, 0.3) is 0 Å². The Kier molecular flexibility index (Phi) is 3.12. The van der Waals surface area contributed by atoms with Crippen molar-refractivity contribution < 1.29 is 4.79 Å². The zero-order valence-electron chi connectivity index (χ0n) is 10.5. The number of nitrogen functional groups attached to an aromatic ring is 1. The number of benzene rings is 2. The van der Waals surface area contributed by atoms with Crippen molar-refractivity contribution in [3.05, 3.63) is 70.9 Å². The Balaban J connectivity index is 2.15. The predicted molar refractivity (Wildman–Crippen MR) is 81.0 cm³/mol. The third-order valence-corrected chi connectivity index (χ3v) is 3.49. The number of aromatic nitrogens is 1. The summed E-state index contributed by atoms with van der Waals surface area (Å²) < 4.78 is 0. The SMILES string of the molecule is Nc1cc(C(=O)c2cccc3ncccc23)ccc1Cl. The van der Waals surface area contributed by atoms with Crippen LogP contribution in [0.25, 0.3) is 10.9 Å². The highest BCUT2D eigenvalue weighted by molar-refractivity contribution is 6.33. The molecule has 0 bridgehead atoms. The molecular weight excluding hydrogens is 272 g/mol. The van der Waals surface area contributed by atoms with Crippen LogP contribution in [-0.4, -0.2) is 10.8 Å². The van der Waals surface area contributed by atoms with Crippen LogP contribution in [-0.2, 0) is 0 Å². The highest BCUT2D eigenvalue weighted by atomic mass is 35.5. The van der Waals surface area contributed by atoms with E-state index in [0.29, 0.717) is 21.8 Å². The molecule has 2 N–H and O–H groups in total. The minimum absolute atomic E-state index is 0.0908. The molecule has 0 amide bonds. The molecule has 0 aliphatic heterocycles. The molecule has 20 heavy (non-hydrogen) atoms. The zero-order chi connectivity index (χ0) is 14.1. The number of pyridine rings is 1. The summed E-state index contributed by atoms with van der Waals surface area (Å²) in [5.74, 6) is -0.0908. The number of halogens is 1. The molecule has 0 saturated heterocycles. The van der Waals surface area contributed by atoms with Crippen LogP contribution in [0.2, 0.25) is 5.02 Å². The van der Waals surface area contributed by atoms with Gasteiger partial charge in [-0.3, -0.25) is 9.78 Å². The van der Waals surface area contributed by atoms with Crippen LogP contribution in [0.1, 0.15) is 15.9 Å². The highest BCUT2D eigenvalue weighted by Gasteiger charge is 2.13. The summed E-state index contributed by atoms with van der Waals surface area (Å²) in [6.07, 6.45) is 1.71. The molecule has 0 atom stereocenters. The molecule has 3 nitrogen and oxygen atoms in total. The van der Waals surface area contributed by atoms with Gasteiger partial charge in [0, 0.05) is 22.7 Å². The second-order valence-electron chi connectivity index (χ2n) is 4.44. The number of carbonyl (C=O) groups is 1. The zero-order valence-corrected chi connectivity index (χ0v) is 11.3. The molecule has 1 heterocycles. The van der Waals surface area contributed by atoms with Crippen LogP contribution < -0.4 is 5.73 Å². The number of carbonyl (C=O) groups excluding carboxylic acids is 1. The largest absolute Gasteiger partial charge is 0.398 e. The summed E-state index contributed by atoms with van der Waals surface area (Å²) in [5, 5.41) is 1.27. The second kappa shape index (κ2) is 4.94. The summed E-state index contributed by atoms with van der Waals surface area (Å²) in [7, 11) is 0. The van der Waals surface area contributed by atoms with E-state index in [9.17, 15) is 4.79 Å². The number of anilines is 1. The average Bonchev–Trinajstić information content (AvgIpc) is 2.49. The fourth-order valence-corrected chi connectivity index (χ4v) is 2.26. The Bertz CT molecular complexity index is 809. The van der Waals surface area contributed by atoms with Crippen LogP contribution in [0.5, 0.6) is 0 Å². The number of fused-ring (bicyclic) bond motifs is 1. The lowest BCUT2D eigenvalue weighted by molar-refractivity contribution is 0.104. The molecule has 4 heteroatoms. The average molecular weight is 283 g/mol. The Labute approximate surface area is 121 Å². The Hall–Kier alpha value is -2.39. The smallest absolute Gasteiger partial charge is 0.193 e. The summed E-state index contributed by atoms with van der Waals surface area (Å²) in [6, 6.07) is 14.1. The quantitative estimate of drug-likeness (QED) is 0.576. The minimum Gasteiger partial charge on any atom is -0.398 e. The highest BCUT2D eigenvalue weighted by Crippen LogP contribution is 2.24. The van der Waals surface area contributed by atoms with Crippen molar-refractivity contribution in [2.45, 2.75) is 0 Å². The molecule has 0 spiro atoms. The van der Waals surface area contributed by atoms with E-state index in [1.54, 1.807) is 30.5 Å². The van der Waals surface area contributed by atoms with Gasteiger partial charge in [-0.1, -0.05) is 29.8 Å². The Morgan fingerprint density at radius 1 is 1.10 bits per heavy atom. The fourth-order valence-electron chi connectivity index (χ4n) is 2.14. The van der Waals surface area contributed by atoms with Crippen LogP contribution in [0, 0.1) is 0 Å². The number of rotatable bonds is 2. The molecule has 0 radical (unpaired) electrons. The Morgan fingerprint density at radius 2 is 1.95 bits per heavy atom. The first-order chi connectivity index (χ1) is 9.66. The van der Waals surface area contributed by atoms with Gasteiger partial charge in [0.15, 0.2) is 5.78 Å². The van der Waals surface area contributed by atoms with Gasteiger partial charge in [0.1, 0.15) is 0 Å². The van der Waals surface area contributed by atoms with Gasteiger partial charge >= 0.3 is 0 Å². The number of hydrogen-bond donors (Lipinski definition) is 1. The third-order valence-electron chi connectivity index (χ3n) is 3.15. The lowest BCUT2D eigenvalue weighted by atomic mass is 9.99. The number of nitrogens with zero attached hydrogens (tertiary/aromatic N) is 1. The van der Waals surface area contributed by atoms with Gasteiger partial charge in [-0.2, -0.15) is 0 Å². The van der Waals surface area contributed by atoms with E-state index in [0.717, 1.165) is 10.9 Å². The van der Waals surface area contributed by atoms with Crippen molar-refractivity contribution in [1.29, 1.82) is 0 Å². The minimum atomic E-state index is -0.0908. The van der Waals surface area contributed by atoms with Crippen LogP contribution >= 0.6 is 11.6 Å². The van der Waals surface area contributed by atoms with Crippen molar-refractivity contribution in [1.82, 2.24) is 4.98 Å². The van der Waals surface area contributed by atoms with Crippen molar-refractivity contribution >= 4 is 34.0 Å². The van der Waals surface area contributed by atoms with E-state index in [1.807, 2.05) is 24.3 Å². The van der Waals surface area contributed by atoms with Crippen molar-refractivity contribution in [2.75, 3.05) is 5.73 Å². The molecule has 2 aromatic carbocycles. The van der Waals surface area contributed by atoms with Crippen LogP contribution in [0.15, 0.2) is 54.7 Å². The predicted octanol–water partition coefficient (Wildman–Crippen LogP) is 3.70. The summed E-state index contributed by atoms with van der Waals surface area (Å²) in [4.78, 5) is 16.8. The molecule has 98 valence electrons. The molecular formula is C16H11ClN2O. The molecule has 0 aliphatic rings. The maximum Gasteiger partial charge on any atom is 0.193 e. The lowest BCUT2D eigenvalue weighted by Crippen LogP contribution is -2.03. The van der Waals surface area contributed by atoms with Crippen molar-refractivity contribution in [3.8, 4) is 0 Å². The maximum absolute atomic E-state index is 12.6. The molecule has 0 aliphatic carbocycles. The maximum atomic E-state index is 12.6. The second-order valence-corrected chi connectivity index (χ2v) is 4.85. The van der Waals surface area contributed by atoms with Gasteiger partial charge in [-0.05, 0) is 30.3 Å². The van der Waals surface area contributed by atoms with E-state index >= 15 is 0 Å².